The summed E-state index contributed by atoms with van der Waals surface area (Å²) in [6.07, 6.45) is 1.89. The summed E-state index contributed by atoms with van der Waals surface area (Å²) in [5.74, 6) is 0.889. The number of hydrogen-bond donors (Lipinski definition) is 0. The highest BCUT2D eigenvalue weighted by molar-refractivity contribution is 7.92. The number of benzene rings is 1. The lowest BCUT2D eigenvalue weighted by Crippen LogP contribution is -2.07. The zero-order valence-electron chi connectivity index (χ0n) is 7.19. The molecule has 0 aliphatic carbocycles. The van der Waals surface area contributed by atoms with Crippen LogP contribution in [0.1, 0.15) is 0 Å². The van der Waals surface area contributed by atoms with Crippen LogP contribution in [-0.2, 0) is 15.4 Å². The van der Waals surface area contributed by atoms with Gasteiger partial charge in [-0.1, -0.05) is 24.8 Å². The fraction of sp³-hybridized carbons (Fsp3) is 0.200. The van der Waals surface area contributed by atoms with Crippen molar-refractivity contribution in [2.24, 2.45) is 0 Å². The molecule has 1 nitrogen and oxygen atoms in total. The summed E-state index contributed by atoms with van der Waals surface area (Å²) in [7, 11) is 1.74. The molecule has 0 saturated carbocycles. The van der Waals surface area contributed by atoms with Gasteiger partial charge in [-0.3, -0.25) is 0 Å². The van der Waals surface area contributed by atoms with Gasteiger partial charge in [0, 0.05) is 0 Å². The molecule has 0 spiro atoms. The average Bonchev–Trinajstić information content (AvgIpc) is 2.15. The molecule has 1 aromatic carbocycles. The maximum absolute atomic E-state index is 5.33. The predicted octanol–water partition coefficient (Wildman–Crippen LogP) is 2.41. The fourth-order valence-electron chi connectivity index (χ4n) is 0.940. The van der Waals surface area contributed by atoms with Gasteiger partial charge in [-0.25, -0.2) is 0 Å². The van der Waals surface area contributed by atoms with Crippen LogP contribution in [0.2, 0.25) is 0 Å². The minimum Gasteiger partial charge on any atom is -0.171 e. The van der Waals surface area contributed by atoms with E-state index < -0.39 is 0 Å². The molecule has 0 heterocycles. The molecule has 12 heavy (non-hydrogen) atoms. The van der Waals surface area contributed by atoms with Crippen molar-refractivity contribution in [1.82, 2.24) is 0 Å². The van der Waals surface area contributed by atoms with E-state index in [1.807, 2.05) is 24.3 Å². The first-order valence-electron chi connectivity index (χ1n) is 3.79. The smallest absolute Gasteiger partial charge is 0.171 e. The molecule has 1 atom stereocenters. The van der Waals surface area contributed by atoms with E-state index in [1.54, 1.807) is 7.11 Å². The predicted molar refractivity (Wildman–Crippen MR) is 54.1 cm³/mol. The normalized spacial score (nSPS) is 12.4. The summed E-state index contributed by atoms with van der Waals surface area (Å²) >= 11 is -0.113. The average molecular weight is 181 g/mol. The van der Waals surface area contributed by atoms with E-state index in [4.69, 9.17) is 4.18 Å². The summed E-state index contributed by atoms with van der Waals surface area (Å²) in [4.78, 5) is 1.24. The summed E-state index contributed by atoms with van der Waals surface area (Å²) in [5.41, 5.74) is 0. The van der Waals surface area contributed by atoms with Crippen molar-refractivity contribution < 1.29 is 4.18 Å². The third-order valence-corrected chi connectivity index (χ3v) is 3.22. The zero-order valence-corrected chi connectivity index (χ0v) is 8.01. The van der Waals surface area contributed by atoms with Crippen molar-refractivity contribution in [3.63, 3.8) is 0 Å². The molecular weight excluding hydrogens is 168 g/mol. The second kappa shape index (κ2) is 5.01. The zero-order chi connectivity index (χ0) is 8.81. The van der Waals surface area contributed by atoms with Gasteiger partial charge in [0.15, 0.2) is 21.8 Å². The Bertz CT molecular complexity index is 233. The molecule has 0 aromatic heterocycles. The molecule has 0 aliphatic rings. The van der Waals surface area contributed by atoms with Crippen molar-refractivity contribution >= 4 is 11.2 Å². The van der Waals surface area contributed by atoms with Crippen molar-refractivity contribution in [3.05, 3.63) is 43.0 Å². The largest absolute Gasteiger partial charge is 0.190 e. The molecule has 1 aromatic rings. The lowest BCUT2D eigenvalue weighted by atomic mass is 10.4. The Morgan fingerprint density at radius 2 is 2.08 bits per heavy atom. The van der Waals surface area contributed by atoms with Gasteiger partial charge in [0.25, 0.3) is 0 Å². The molecular formula is C10H13OS+. The van der Waals surface area contributed by atoms with Crippen LogP contribution in [-0.4, -0.2) is 12.9 Å². The van der Waals surface area contributed by atoms with E-state index in [9.17, 15) is 0 Å². The van der Waals surface area contributed by atoms with Crippen molar-refractivity contribution in [2.45, 2.75) is 4.90 Å². The van der Waals surface area contributed by atoms with Gasteiger partial charge >= 0.3 is 0 Å². The first-order valence-corrected chi connectivity index (χ1v) is 5.11. The van der Waals surface area contributed by atoms with E-state index in [0.717, 1.165) is 5.75 Å². The summed E-state index contributed by atoms with van der Waals surface area (Å²) in [6.45, 7) is 3.70. The standard InChI is InChI=1S/C10H13OS/c1-3-9-12(11-2)10-7-5-4-6-8-10/h3-8H,1,9H2,2H3/q+1. The Labute approximate surface area is 76.6 Å². The molecule has 0 fully saturated rings. The van der Waals surface area contributed by atoms with E-state index in [0.29, 0.717) is 0 Å². The molecule has 2 heteroatoms. The maximum atomic E-state index is 5.33. The summed E-state index contributed by atoms with van der Waals surface area (Å²) < 4.78 is 5.33. The van der Waals surface area contributed by atoms with Crippen molar-refractivity contribution in [1.29, 1.82) is 0 Å². The molecule has 1 unspecified atom stereocenters. The van der Waals surface area contributed by atoms with Gasteiger partial charge in [0.05, 0.1) is 7.11 Å². The van der Waals surface area contributed by atoms with Crippen LogP contribution in [0.4, 0.5) is 0 Å². The van der Waals surface area contributed by atoms with Gasteiger partial charge in [-0.05, 0) is 18.2 Å². The quantitative estimate of drug-likeness (QED) is 0.512. The molecule has 1 rings (SSSR count). The number of hydrogen-bond acceptors (Lipinski definition) is 1. The van der Waals surface area contributed by atoms with Crippen LogP contribution >= 0.6 is 0 Å². The molecule has 64 valence electrons. The van der Waals surface area contributed by atoms with Crippen LogP contribution in [0.5, 0.6) is 0 Å². The van der Waals surface area contributed by atoms with E-state index in [-0.39, 0.29) is 11.2 Å². The van der Waals surface area contributed by atoms with E-state index in [2.05, 4.69) is 18.7 Å². The third-order valence-electron chi connectivity index (χ3n) is 1.48. The Balaban J connectivity index is 2.72. The minimum absolute atomic E-state index is 0.113. The van der Waals surface area contributed by atoms with Gasteiger partial charge in [-0.15, -0.1) is 0 Å². The van der Waals surface area contributed by atoms with Crippen LogP contribution in [0.25, 0.3) is 0 Å². The second-order valence-electron chi connectivity index (χ2n) is 2.28. The minimum atomic E-state index is -0.113. The fourth-order valence-corrected chi connectivity index (χ4v) is 2.14. The first kappa shape index (κ1) is 9.36. The molecule has 0 aliphatic heterocycles. The Kier molecular flexibility index (Phi) is 3.91. The van der Waals surface area contributed by atoms with Crippen LogP contribution in [0.3, 0.4) is 0 Å². The van der Waals surface area contributed by atoms with Gasteiger partial charge < -0.3 is 0 Å². The molecule has 0 bridgehead atoms. The third kappa shape index (κ3) is 2.40. The van der Waals surface area contributed by atoms with Gasteiger partial charge in [-0.2, -0.15) is 4.18 Å². The van der Waals surface area contributed by atoms with E-state index in [1.165, 1.54) is 4.90 Å². The lowest BCUT2D eigenvalue weighted by Gasteiger charge is -1.99. The van der Waals surface area contributed by atoms with Crippen molar-refractivity contribution in [3.8, 4) is 0 Å². The van der Waals surface area contributed by atoms with Gasteiger partial charge in [0.1, 0.15) is 0 Å². The highest BCUT2D eigenvalue weighted by Gasteiger charge is 2.19. The molecule has 0 amide bonds. The first-order chi connectivity index (χ1) is 5.88. The SMILES string of the molecule is C=CC[S+](OC)c1ccccc1. The van der Waals surface area contributed by atoms with Crippen LogP contribution < -0.4 is 0 Å². The van der Waals surface area contributed by atoms with Crippen LogP contribution in [0.15, 0.2) is 47.9 Å². The Hall–Kier alpha value is -0.730. The maximum Gasteiger partial charge on any atom is 0.190 e. The van der Waals surface area contributed by atoms with Crippen molar-refractivity contribution in [2.75, 3.05) is 12.9 Å². The topological polar surface area (TPSA) is 9.23 Å². The van der Waals surface area contributed by atoms with E-state index >= 15 is 0 Å². The Morgan fingerprint density at radius 1 is 1.42 bits per heavy atom. The van der Waals surface area contributed by atoms with Gasteiger partial charge in [0.2, 0.25) is 0 Å². The second-order valence-corrected chi connectivity index (χ2v) is 4.11. The highest BCUT2D eigenvalue weighted by Crippen LogP contribution is 2.13. The summed E-state index contributed by atoms with van der Waals surface area (Å²) in [6, 6.07) is 10.2. The molecule has 0 N–H and O–H groups in total. The molecule has 0 radical (unpaired) electrons. The Morgan fingerprint density at radius 3 is 2.58 bits per heavy atom. The molecule has 0 saturated heterocycles. The van der Waals surface area contributed by atoms with Crippen LogP contribution in [0, 0.1) is 0 Å². The lowest BCUT2D eigenvalue weighted by molar-refractivity contribution is 0.474. The monoisotopic (exact) mass is 181 g/mol. The highest BCUT2D eigenvalue weighted by atomic mass is 32.2. The summed E-state index contributed by atoms with van der Waals surface area (Å²) in [5, 5.41) is 0. The number of rotatable bonds is 4.